The van der Waals surface area contributed by atoms with Crippen molar-refractivity contribution in [3.8, 4) is 0 Å². The lowest BCUT2D eigenvalue weighted by Gasteiger charge is -2.30. The number of carbonyl (C=O) groups excluding carboxylic acids is 1. The highest BCUT2D eigenvalue weighted by Gasteiger charge is 2.25. The predicted octanol–water partition coefficient (Wildman–Crippen LogP) is 0.851. The number of H-pyrrole nitrogens is 1. The van der Waals surface area contributed by atoms with Gasteiger partial charge in [0, 0.05) is 18.8 Å². The summed E-state index contributed by atoms with van der Waals surface area (Å²) >= 11 is 0. The number of aromatic nitrogens is 1. The molecule has 0 radical (unpaired) electrons. The Hall–Kier alpha value is -1.62. The smallest absolute Gasteiger partial charge is 0.261 e. The number of pyridine rings is 1. The van der Waals surface area contributed by atoms with Gasteiger partial charge in [-0.25, -0.2) is 0 Å². The van der Waals surface area contributed by atoms with Gasteiger partial charge in [0.2, 0.25) is 0 Å². The van der Waals surface area contributed by atoms with Crippen molar-refractivity contribution in [2.24, 2.45) is 0 Å². The monoisotopic (exact) mass is 276 g/mol. The number of hydrogen-bond donors (Lipinski definition) is 2. The van der Waals surface area contributed by atoms with E-state index in [1.54, 1.807) is 11.0 Å². The number of rotatable bonds is 1. The van der Waals surface area contributed by atoms with Gasteiger partial charge in [0.25, 0.3) is 11.5 Å². The number of carbonyl (C=O) groups is 1. The molecule has 1 fully saturated rings. The van der Waals surface area contributed by atoms with Crippen LogP contribution in [-0.2, 0) is 12.8 Å². The van der Waals surface area contributed by atoms with E-state index in [-0.39, 0.29) is 17.0 Å². The van der Waals surface area contributed by atoms with Gasteiger partial charge in [-0.15, -0.1) is 0 Å². The van der Waals surface area contributed by atoms with Gasteiger partial charge >= 0.3 is 0 Å². The number of aryl methyl sites for hydroxylation is 2. The molecule has 1 aliphatic carbocycles. The molecule has 1 amide bonds. The summed E-state index contributed by atoms with van der Waals surface area (Å²) in [7, 11) is 0. The van der Waals surface area contributed by atoms with E-state index < -0.39 is 6.10 Å². The van der Waals surface area contributed by atoms with Crippen molar-refractivity contribution in [1.29, 1.82) is 0 Å². The normalized spacial score (nSPS) is 22.4. The second kappa shape index (κ2) is 5.40. The van der Waals surface area contributed by atoms with Crippen molar-refractivity contribution in [2.45, 2.75) is 44.6 Å². The molecule has 0 spiro atoms. The molecule has 20 heavy (non-hydrogen) atoms. The van der Waals surface area contributed by atoms with Crippen LogP contribution in [0.2, 0.25) is 0 Å². The van der Waals surface area contributed by atoms with E-state index in [4.69, 9.17) is 0 Å². The third kappa shape index (κ3) is 2.50. The van der Waals surface area contributed by atoms with E-state index in [1.165, 1.54) is 0 Å². The summed E-state index contributed by atoms with van der Waals surface area (Å²) in [6, 6.07) is 1.76. The van der Waals surface area contributed by atoms with Crippen molar-refractivity contribution >= 4 is 5.91 Å². The number of piperidine rings is 1. The Labute approximate surface area is 117 Å². The van der Waals surface area contributed by atoms with Crippen LogP contribution < -0.4 is 5.56 Å². The molecule has 1 saturated heterocycles. The molecule has 1 aromatic rings. The highest BCUT2D eigenvalue weighted by molar-refractivity contribution is 5.94. The first-order chi connectivity index (χ1) is 9.65. The van der Waals surface area contributed by atoms with Crippen LogP contribution in [0.4, 0.5) is 0 Å². The Morgan fingerprint density at radius 2 is 2.10 bits per heavy atom. The maximum atomic E-state index is 12.4. The lowest BCUT2D eigenvalue weighted by atomic mass is 9.94. The van der Waals surface area contributed by atoms with Crippen LogP contribution in [0.3, 0.4) is 0 Å². The molecule has 1 aliphatic heterocycles. The van der Waals surface area contributed by atoms with Crippen molar-refractivity contribution in [2.75, 3.05) is 13.1 Å². The Kier molecular flexibility index (Phi) is 3.61. The number of aromatic amines is 1. The molecule has 5 heteroatoms. The number of fused-ring (bicyclic) bond motifs is 1. The number of amides is 1. The molecule has 0 bridgehead atoms. The van der Waals surface area contributed by atoms with E-state index in [2.05, 4.69) is 4.98 Å². The van der Waals surface area contributed by atoms with E-state index >= 15 is 0 Å². The van der Waals surface area contributed by atoms with Crippen LogP contribution in [0.1, 0.15) is 47.3 Å². The van der Waals surface area contributed by atoms with Crippen molar-refractivity contribution in [3.63, 3.8) is 0 Å². The fraction of sp³-hybridized carbons (Fsp3) is 0.600. The van der Waals surface area contributed by atoms with Gasteiger partial charge in [-0.05, 0) is 50.2 Å². The molecule has 108 valence electrons. The van der Waals surface area contributed by atoms with Gasteiger partial charge < -0.3 is 15.0 Å². The summed E-state index contributed by atoms with van der Waals surface area (Å²) in [5.41, 5.74) is 2.00. The first kappa shape index (κ1) is 13.4. The molecule has 1 unspecified atom stereocenters. The summed E-state index contributed by atoms with van der Waals surface area (Å²) in [6.07, 6.45) is 5.06. The highest BCUT2D eigenvalue weighted by atomic mass is 16.3. The molecule has 5 nitrogen and oxygen atoms in total. The number of nitrogens with zero attached hydrogens (tertiary/aromatic N) is 1. The largest absolute Gasteiger partial charge is 0.391 e. The van der Waals surface area contributed by atoms with E-state index in [0.717, 1.165) is 49.8 Å². The molecular formula is C15H20N2O3. The highest BCUT2D eigenvalue weighted by Crippen LogP contribution is 2.20. The lowest BCUT2D eigenvalue weighted by molar-refractivity contribution is 0.0472. The molecule has 0 aromatic carbocycles. The third-order valence-corrected chi connectivity index (χ3v) is 4.25. The second-order valence-electron chi connectivity index (χ2n) is 5.77. The molecular weight excluding hydrogens is 256 g/mol. The van der Waals surface area contributed by atoms with E-state index in [0.29, 0.717) is 13.1 Å². The van der Waals surface area contributed by atoms with Crippen LogP contribution in [0.15, 0.2) is 10.9 Å². The maximum absolute atomic E-state index is 12.4. The quantitative estimate of drug-likeness (QED) is 0.798. The number of hydrogen-bond acceptors (Lipinski definition) is 3. The summed E-state index contributed by atoms with van der Waals surface area (Å²) in [6.45, 7) is 0.946. The number of aliphatic hydroxyl groups excluding tert-OH is 1. The summed E-state index contributed by atoms with van der Waals surface area (Å²) in [4.78, 5) is 29.0. The molecule has 1 atom stereocenters. The van der Waals surface area contributed by atoms with Gasteiger partial charge in [-0.1, -0.05) is 0 Å². The Morgan fingerprint density at radius 1 is 1.30 bits per heavy atom. The van der Waals surface area contributed by atoms with Crippen molar-refractivity contribution in [3.05, 3.63) is 33.2 Å². The minimum absolute atomic E-state index is 0.222. The molecule has 3 rings (SSSR count). The first-order valence-corrected chi connectivity index (χ1v) is 7.37. The van der Waals surface area contributed by atoms with Gasteiger partial charge in [0.05, 0.1) is 6.10 Å². The van der Waals surface area contributed by atoms with Crippen LogP contribution in [0, 0.1) is 0 Å². The number of likely N-dealkylation sites (tertiary alicyclic amines) is 1. The average Bonchev–Trinajstić information content (AvgIpc) is 2.46. The fourth-order valence-corrected chi connectivity index (χ4v) is 3.14. The molecule has 0 saturated carbocycles. The summed E-state index contributed by atoms with van der Waals surface area (Å²) < 4.78 is 0. The van der Waals surface area contributed by atoms with Crippen molar-refractivity contribution < 1.29 is 9.90 Å². The van der Waals surface area contributed by atoms with Crippen LogP contribution in [0.5, 0.6) is 0 Å². The Balaban J connectivity index is 1.89. The summed E-state index contributed by atoms with van der Waals surface area (Å²) in [5, 5.41) is 9.66. The summed E-state index contributed by atoms with van der Waals surface area (Å²) in [5.74, 6) is -0.252. The zero-order chi connectivity index (χ0) is 14.1. The fourth-order valence-electron chi connectivity index (χ4n) is 3.14. The van der Waals surface area contributed by atoms with Gasteiger partial charge in [0.15, 0.2) is 0 Å². The molecule has 2 N–H and O–H groups in total. The number of nitrogens with one attached hydrogen (secondary N) is 1. The van der Waals surface area contributed by atoms with Gasteiger partial charge in [0.1, 0.15) is 5.56 Å². The zero-order valence-electron chi connectivity index (χ0n) is 11.5. The third-order valence-electron chi connectivity index (χ3n) is 4.25. The van der Waals surface area contributed by atoms with Gasteiger partial charge in [-0.3, -0.25) is 9.59 Å². The SMILES string of the molecule is O=C(c1cc2c([nH]c1=O)CCCC2)N1CCCC(O)C1. The topological polar surface area (TPSA) is 73.4 Å². The zero-order valence-corrected chi connectivity index (χ0v) is 11.5. The van der Waals surface area contributed by atoms with Crippen molar-refractivity contribution in [1.82, 2.24) is 9.88 Å². The van der Waals surface area contributed by atoms with Gasteiger partial charge in [-0.2, -0.15) is 0 Å². The molecule has 1 aromatic heterocycles. The predicted molar refractivity (Wildman–Crippen MR) is 74.8 cm³/mol. The van der Waals surface area contributed by atoms with Crippen LogP contribution in [0.25, 0.3) is 0 Å². The number of aliphatic hydroxyl groups is 1. The van der Waals surface area contributed by atoms with E-state index in [1.807, 2.05) is 0 Å². The first-order valence-electron chi connectivity index (χ1n) is 7.37. The number of β-amino-alcohol motifs (C(OH)–C–C–N with tert-alkyl or cyclic N) is 1. The Morgan fingerprint density at radius 3 is 2.90 bits per heavy atom. The molecule has 2 heterocycles. The minimum atomic E-state index is -0.468. The van der Waals surface area contributed by atoms with E-state index in [9.17, 15) is 14.7 Å². The Bertz CT molecular complexity index is 579. The molecule has 2 aliphatic rings. The van der Waals surface area contributed by atoms with Crippen LogP contribution in [-0.4, -0.2) is 40.1 Å². The standard InChI is InChI=1S/C15H20N2O3/c18-11-5-3-7-17(9-11)15(20)12-8-10-4-1-2-6-13(10)16-14(12)19/h8,11,18H,1-7,9H2,(H,16,19). The second-order valence-corrected chi connectivity index (χ2v) is 5.77. The average molecular weight is 276 g/mol. The maximum Gasteiger partial charge on any atom is 0.261 e. The van der Waals surface area contributed by atoms with Crippen LogP contribution >= 0.6 is 0 Å². The minimum Gasteiger partial charge on any atom is -0.391 e. The lowest BCUT2D eigenvalue weighted by Crippen LogP contribution is -2.44.